The van der Waals surface area contributed by atoms with Crippen molar-refractivity contribution >= 4 is 0 Å². The molecule has 0 aliphatic rings. The SMILES string of the molecule is CC(C)Cc1nnc(CCNC(C)(C)C)o1. The predicted octanol–water partition coefficient (Wildman–Crippen LogP) is 2.20. The van der Waals surface area contributed by atoms with Crippen LogP contribution in [0.4, 0.5) is 0 Å². The van der Waals surface area contributed by atoms with Crippen LogP contribution in [0.15, 0.2) is 4.42 Å². The highest BCUT2D eigenvalue weighted by Gasteiger charge is 2.11. The molecule has 1 aromatic rings. The number of rotatable bonds is 5. The monoisotopic (exact) mass is 225 g/mol. The highest BCUT2D eigenvalue weighted by molar-refractivity contribution is 4.84. The molecule has 0 aromatic carbocycles. The van der Waals surface area contributed by atoms with Crippen molar-refractivity contribution in [1.82, 2.24) is 15.5 Å². The van der Waals surface area contributed by atoms with Gasteiger partial charge in [0.05, 0.1) is 0 Å². The Morgan fingerprint density at radius 2 is 1.81 bits per heavy atom. The lowest BCUT2D eigenvalue weighted by Crippen LogP contribution is -2.37. The van der Waals surface area contributed by atoms with Gasteiger partial charge in [-0.25, -0.2) is 0 Å². The second-order valence-electron chi connectivity index (χ2n) is 5.61. The molecule has 0 unspecified atom stereocenters. The zero-order valence-corrected chi connectivity index (χ0v) is 11.0. The van der Waals surface area contributed by atoms with Crippen LogP contribution in [0.3, 0.4) is 0 Å². The van der Waals surface area contributed by atoms with E-state index in [1.165, 1.54) is 0 Å². The van der Waals surface area contributed by atoms with E-state index in [4.69, 9.17) is 4.42 Å². The summed E-state index contributed by atoms with van der Waals surface area (Å²) in [7, 11) is 0. The van der Waals surface area contributed by atoms with E-state index in [2.05, 4.69) is 50.1 Å². The van der Waals surface area contributed by atoms with Gasteiger partial charge in [0.15, 0.2) is 0 Å². The molecule has 1 N–H and O–H groups in total. The van der Waals surface area contributed by atoms with Crippen LogP contribution in [0.25, 0.3) is 0 Å². The maximum Gasteiger partial charge on any atom is 0.217 e. The van der Waals surface area contributed by atoms with E-state index >= 15 is 0 Å². The van der Waals surface area contributed by atoms with Crippen molar-refractivity contribution in [2.45, 2.75) is 53.0 Å². The Morgan fingerprint density at radius 1 is 1.19 bits per heavy atom. The van der Waals surface area contributed by atoms with Crippen molar-refractivity contribution < 1.29 is 4.42 Å². The Labute approximate surface area is 97.8 Å². The van der Waals surface area contributed by atoms with Crippen LogP contribution in [-0.2, 0) is 12.8 Å². The van der Waals surface area contributed by atoms with E-state index in [0.717, 1.165) is 31.2 Å². The van der Waals surface area contributed by atoms with Gasteiger partial charge in [0.2, 0.25) is 11.8 Å². The summed E-state index contributed by atoms with van der Waals surface area (Å²) in [5, 5.41) is 11.5. The lowest BCUT2D eigenvalue weighted by molar-refractivity contribution is 0.394. The number of aromatic nitrogens is 2. The van der Waals surface area contributed by atoms with Crippen molar-refractivity contribution in [3.8, 4) is 0 Å². The fourth-order valence-corrected chi connectivity index (χ4v) is 1.37. The van der Waals surface area contributed by atoms with Gasteiger partial charge >= 0.3 is 0 Å². The summed E-state index contributed by atoms with van der Waals surface area (Å²) in [6, 6.07) is 0. The lowest BCUT2D eigenvalue weighted by atomic mass is 10.1. The molecule has 4 heteroatoms. The normalized spacial score (nSPS) is 12.4. The van der Waals surface area contributed by atoms with Crippen LogP contribution in [0.5, 0.6) is 0 Å². The van der Waals surface area contributed by atoms with Crippen LogP contribution < -0.4 is 5.32 Å². The van der Waals surface area contributed by atoms with E-state index in [1.54, 1.807) is 0 Å². The third kappa shape index (κ3) is 5.26. The van der Waals surface area contributed by atoms with Crippen molar-refractivity contribution in [3.05, 3.63) is 11.8 Å². The van der Waals surface area contributed by atoms with Gasteiger partial charge in [-0.15, -0.1) is 10.2 Å². The van der Waals surface area contributed by atoms with Gasteiger partial charge in [0.1, 0.15) is 0 Å². The zero-order chi connectivity index (χ0) is 12.2. The summed E-state index contributed by atoms with van der Waals surface area (Å²) in [6.45, 7) is 11.6. The molecule has 0 aliphatic carbocycles. The molecule has 0 fully saturated rings. The molecule has 0 aliphatic heterocycles. The first kappa shape index (κ1) is 13.2. The molecule has 0 bridgehead atoms. The molecule has 16 heavy (non-hydrogen) atoms. The topological polar surface area (TPSA) is 51.0 Å². The highest BCUT2D eigenvalue weighted by atomic mass is 16.4. The molecular formula is C12H23N3O. The molecule has 0 saturated carbocycles. The van der Waals surface area contributed by atoms with Crippen LogP contribution in [0, 0.1) is 5.92 Å². The number of nitrogens with one attached hydrogen (secondary N) is 1. The minimum Gasteiger partial charge on any atom is -0.425 e. The summed E-state index contributed by atoms with van der Waals surface area (Å²) in [5.41, 5.74) is 0.140. The molecule has 4 nitrogen and oxygen atoms in total. The third-order valence-electron chi connectivity index (χ3n) is 2.09. The first-order valence-corrected chi connectivity index (χ1v) is 5.93. The van der Waals surface area contributed by atoms with Gasteiger partial charge in [-0.3, -0.25) is 0 Å². The van der Waals surface area contributed by atoms with Crippen LogP contribution in [0.1, 0.15) is 46.4 Å². The maximum atomic E-state index is 5.55. The van der Waals surface area contributed by atoms with Gasteiger partial charge < -0.3 is 9.73 Å². The number of hydrogen-bond donors (Lipinski definition) is 1. The van der Waals surface area contributed by atoms with Gasteiger partial charge in [-0.2, -0.15) is 0 Å². The second kappa shape index (κ2) is 5.43. The summed E-state index contributed by atoms with van der Waals surface area (Å²) in [5.74, 6) is 2.04. The third-order valence-corrected chi connectivity index (χ3v) is 2.09. The fraction of sp³-hybridized carbons (Fsp3) is 0.833. The maximum absolute atomic E-state index is 5.55. The lowest BCUT2D eigenvalue weighted by Gasteiger charge is -2.19. The van der Waals surface area contributed by atoms with Gasteiger partial charge in [-0.05, 0) is 26.7 Å². The first-order valence-electron chi connectivity index (χ1n) is 5.93. The predicted molar refractivity (Wildman–Crippen MR) is 64.3 cm³/mol. The van der Waals surface area contributed by atoms with Crippen molar-refractivity contribution in [2.24, 2.45) is 5.92 Å². The Morgan fingerprint density at radius 3 is 2.38 bits per heavy atom. The summed E-state index contributed by atoms with van der Waals surface area (Å²) >= 11 is 0. The van der Waals surface area contributed by atoms with Crippen molar-refractivity contribution in [1.29, 1.82) is 0 Å². The van der Waals surface area contributed by atoms with Crippen molar-refractivity contribution in [2.75, 3.05) is 6.54 Å². The van der Waals surface area contributed by atoms with Crippen LogP contribution in [-0.4, -0.2) is 22.3 Å². The standard InChI is InChI=1S/C12H23N3O/c1-9(2)8-11-15-14-10(16-11)6-7-13-12(3,4)5/h9,13H,6-8H2,1-5H3. The second-order valence-corrected chi connectivity index (χ2v) is 5.61. The zero-order valence-electron chi connectivity index (χ0n) is 11.0. The quantitative estimate of drug-likeness (QED) is 0.834. The molecule has 1 heterocycles. The molecule has 0 spiro atoms. The van der Waals surface area contributed by atoms with E-state index < -0.39 is 0 Å². The van der Waals surface area contributed by atoms with E-state index in [1.807, 2.05) is 0 Å². The van der Waals surface area contributed by atoms with E-state index in [0.29, 0.717) is 5.92 Å². The Kier molecular flexibility index (Phi) is 4.47. The summed E-state index contributed by atoms with van der Waals surface area (Å²) in [4.78, 5) is 0. The van der Waals surface area contributed by atoms with Gasteiger partial charge in [0.25, 0.3) is 0 Å². The molecule has 0 amide bonds. The van der Waals surface area contributed by atoms with Gasteiger partial charge in [-0.1, -0.05) is 13.8 Å². The summed E-state index contributed by atoms with van der Waals surface area (Å²) in [6.07, 6.45) is 1.65. The largest absolute Gasteiger partial charge is 0.425 e. The highest BCUT2D eigenvalue weighted by Crippen LogP contribution is 2.07. The molecule has 0 radical (unpaired) electrons. The fourth-order valence-electron chi connectivity index (χ4n) is 1.37. The van der Waals surface area contributed by atoms with Crippen LogP contribution >= 0.6 is 0 Å². The smallest absolute Gasteiger partial charge is 0.217 e. The molecule has 1 aromatic heterocycles. The van der Waals surface area contributed by atoms with Crippen molar-refractivity contribution in [3.63, 3.8) is 0 Å². The molecule has 0 saturated heterocycles. The minimum atomic E-state index is 0.140. The van der Waals surface area contributed by atoms with Gasteiger partial charge in [0, 0.05) is 24.9 Å². The number of hydrogen-bond acceptors (Lipinski definition) is 4. The molecule has 92 valence electrons. The molecule has 1 rings (SSSR count). The first-order chi connectivity index (χ1) is 7.37. The Bertz CT molecular complexity index is 312. The Balaban J connectivity index is 2.35. The summed E-state index contributed by atoms with van der Waals surface area (Å²) < 4.78 is 5.55. The minimum absolute atomic E-state index is 0.140. The number of nitrogens with zero attached hydrogens (tertiary/aromatic N) is 2. The molecular weight excluding hydrogens is 202 g/mol. The Hall–Kier alpha value is -0.900. The molecule has 0 atom stereocenters. The van der Waals surface area contributed by atoms with E-state index in [-0.39, 0.29) is 5.54 Å². The van der Waals surface area contributed by atoms with E-state index in [9.17, 15) is 0 Å². The average molecular weight is 225 g/mol. The average Bonchev–Trinajstić information content (AvgIpc) is 2.49. The van der Waals surface area contributed by atoms with Crippen LogP contribution in [0.2, 0.25) is 0 Å².